The molecule has 0 aromatic carbocycles. The second-order valence-electron chi connectivity index (χ2n) is 1.88. The standard InChI is InChI=1S/C5H6ClNO2S/c6-10(8,9)4-5-2-1-3-7-5/h1-3,7H,4H2. The second-order valence-corrected chi connectivity index (χ2v) is 4.66. The van der Waals surface area contributed by atoms with Crippen molar-refractivity contribution in [1.82, 2.24) is 4.98 Å². The van der Waals surface area contributed by atoms with Crippen molar-refractivity contribution in [3.8, 4) is 0 Å². The Balaban J connectivity index is 2.75. The Labute approximate surface area is 63.4 Å². The highest BCUT2D eigenvalue weighted by Crippen LogP contribution is 2.05. The van der Waals surface area contributed by atoms with Crippen LogP contribution in [0.25, 0.3) is 0 Å². The van der Waals surface area contributed by atoms with E-state index in [1.54, 1.807) is 18.3 Å². The van der Waals surface area contributed by atoms with E-state index in [0.29, 0.717) is 5.69 Å². The molecule has 56 valence electrons. The van der Waals surface area contributed by atoms with Crippen LogP contribution in [0.4, 0.5) is 0 Å². The Morgan fingerprint density at radius 1 is 1.60 bits per heavy atom. The van der Waals surface area contributed by atoms with Gasteiger partial charge in [-0.15, -0.1) is 0 Å². The van der Waals surface area contributed by atoms with Gasteiger partial charge < -0.3 is 4.98 Å². The molecule has 3 nitrogen and oxygen atoms in total. The molecule has 1 N–H and O–H groups in total. The molecule has 0 spiro atoms. The van der Waals surface area contributed by atoms with E-state index in [0.717, 1.165) is 0 Å². The summed E-state index contributed by atoms with van der Waals surface area (Å²) in [4.78, 5) is 2.73. The molecule has 0 bridgehead atoms. The predicted molar refractivity (Wildman–Crippen MR) is 39.3 cm³/mol. The van der Waals surface area contributed by atoms with E-state index >= 15 is 0 Å². The van der Waals surface area contributed by atoms with E-state index < -0.39 is 9.05 Å². The third-order valence-corrected chi connectivity index (χ3v) is 1.97. The molecule has 1 heterocycles. The van der Waals surface area contributed by atoms with Gasteiger partial charge in [-0.2, -0.15) is 0 Å². The lowest BCUT2D eigenvalue weighted by molar-refractivity contribution is 0.608. The van der Waals surface area contributed by atoms with Crippen molar-refractivity contribution in [1.29, 1.82) is 0 Å². The number of aromatic nitrogens is 1. The molecule has 0 aliphatic carbocycles. The first-order valence-electron chi connectivity index (χ1n) is 2.62. The number of hydrogen-bond donors (Lipinski definition) is 1. The minimum atomic E-state index is -3.41. The van der Waals surface area contributed by atoms with Crippen LogP contribution in [0.5, 0.6) is 0 Å². The van der Waals surface area contributed by atoms with Crippen molar-refractivity contribution in [2.24, 2.45) is 0 Å². The minimum Gasteiger partial charge on any atom is -0.364 e. The molecule has 0 radical (unpaired) electrons. The van der Waals surface area contributed by atoms with E-state index in [9.17, 15) is 8.42 Å². The zero-order valence-electron chi connectivity index (χ0n) is 5.04. The van der Waals surface area contributed by atoms with Crippen molar-refractivity contribution >= 4 is 19.7 Å². The van der Waals surface area contributed by atoms with Crippen LogP contribution in [-0.4, -0.2) is 13.4 Å². The summed E-state index contributed by atoms with van der Waals surface area (Å²) in [5, 5.41) is 0. The molecule has 0 unspecified atom stereocenters. The van der Waals surface area contributed by atoms with Gasteiger partial charge in [0, 0.05) is 22.6 Å². The van der Waals surface area contributed by atoms with E-state index in [-0.39, 0.29) is 5.75 Å². The number of aromatic amines is 1. The van der Waals surface area contributed by atoms with Gasteiger partial charge >= 0.3 is 0 Å². The average Bonchev–Trinajstić information content (AvgIpc) is 2.12. The predicted octanol–water partition coefficient (Wildman–Crippen LogP) is 1.08. The van der Waals surface area contributed by atoms with Crippen molar-refractivity contribution in [2.45, 2.75) is 5.75 Å². The third kappa shape index (κ3) is 2.41. The van der Waals surface area contributed by atoms with E-state index in [1.807, 2.05) is 0 Å². The number of nitrogens with one attached hydrogen (secondary N) is 1. The number of H-pyrrole nitrogens is 1. The van der Waals surface area contributed by atoms with Gasteiger partial charge in [0.1, 0.15) is 5.75 Å². The molecule has 10 heavy (non-hydrogen) atoms. The van der Waals surface area contributed by atoms with Gasteiger partial charge in [0.2, 0.25) is 9.05 Å². The van der Waals surface area contributed by atoms with E-state index in [1.165, 1.54) is 0 Å². The molecule has 1 aromatic rings. The van der Waals surface area contributed by atoms with Crippen molar-refractivity contribution < 1.29 is 8.42 Å². The zero-order valence-corrected chi connectivity index (χ0v) is 6.61. The third-order valence-electron chi connectivity index (χ3n) is 0.990. The molecule has 0 aliphatic rings. The maximum Gasteiger partial charge on any atom is 0.238 e. The fourth-order valence-corrected chi connectivity index (χ4v) is 1.55. The maximum absolute atomic E-state index is 10.4. The van der Waals surface area contributed by atoms with Crippen molar-refractivity contribution in [3.05, 3.63) is 24.0 Å². The van der Waals surface area contributed by atoms with Gasteiger partial charge in [0.05, 0.1) is 0 Å². The van der Waals surface area contributed by atoms with Gasteiger partial charge in [-0.25, -0.2) is 8.42 Å². The van der Waals surface area contributed by atoms with Crippen LogP contribution < -0.4 is 0 Å². The minimum absolute atomic E-state index is 0.137. The highest BCUT2D eigenvalue weighted by Gasteiger charge is 2.05. The summed E-state index contributed by atoms with van der Waals surface area (Å²) in [6.45, 7) is 0. The van der Waals surface area contributed by atoms with E-state index in [2.05, 4.69) is 4.98 Å². The number of hydrogen-bond acceptors (Lipinski definition) is 2. The fraction of sp³-hybridized carbons (Fsp3) is 0.200. The largest absolute Gasteiger partial charge is 0.364 e. The number of halogens is 1. The molecule has 0 aliphatic heterocycles. The van der Waals surface area contributed by atoms with Crippen molar-refractivity contribution in [3.63, 3.8) is 0 Å². The molecule has 5 heteroatoms. The summed E-state index contributed by atoms with van der Waals surface area (Å²) in [6, 6.07) is 3.39. The summed E-state index contributed by atoms with van der Waals surface area (Å²) in [6.07, 6.45) is 1.65. The van der Waals surface area contributed by atoms with Crippen LogP contribution in [0.1, 0.15) is 5.69 Å². The lowest BCUT2D eigenvalue weighted by atomic mass is 10.5. The second kappa shape index (κ2) is 2.64. The summed E-state index contributed by atoms with van der Waals surface area (Å²) >= 11 is 0. The molecular weight excluding hydrogens is 174 g/mol. The van der Waals surface area contributed by atoms with Crippen LogP contribution in [0.2, 0.25) is 0 Å². The van der Waals surface area contributed by atoms with Crippen LogP contribution in [0, 0.1) is 0 Å². The molecular formula is C5H6ClNO2S. The summed E-state index contributed by atoms with van der Waals surface area (Å²) in [7, 11) is 1.57. The first kappa shape index (κ1) is 7.63. The van der Waals surface area contributed by atoms with Gasteiger partial charge in [-0.1, -0.05) is 0 Å². The van der Waals surface area contributed by atoms with Crippen LogP contribution in [0.15, 0.2) is 18.3 Å². The highest BCUT2D eigenvalue weighted by molar-refractivity contribution is 8.13. The molecule has 0 saturated heterocycles. The summed E-state index contributed by atoms with van der Waals surface area (Å²) < 4.78 is 20.9. The lowest BCUT2D eigenvalue weighted by Crippen LogP contribution is -1.94. The molecule has 0 amide bonds. The quantitative estimate of drug-likeness (QED) is 0.691. The lowest BCUT2D eigenvalue weighted by Gasteiger charge is -1.89. The normalized spacial score (nSPS) is 11.7. The topological polar surface area (TPSA) is 49.9 Å². The highest BCUT2D eigenvalue weighted by atomic mass is 35.7. The maximum atomic E-state index is 10.4. The van der Waals surface area contributed by atoms with E-state index in [4.69, 9.17) is 10.7 Å². The summed E-state index contributed by atoms with van der Waals surface area (Å²) in [5.74, 6) is -0.137. The van der Waals surface area contributed by atoms with Gasteiger partial charge in [-0.3, -0.25) is 0 Å². The molecule has 0 saturated carbocycles. The Kier molecular flexibility index (Phi) is 2.01. The molecule has 0 fully saturated rings. The molecule has 1 rings (SSSR count). The van der Waals surface area contributed by atoms with Crippen LogP contribution in [0.3, 0.4) is 0 Å². The monoisotopic (exact) mass is 179 g/mol. The smallest absolute Gasteiger partial charge is 0.238 e. The van der Waals surface area contributed by atoms with Crippen molar-refractivity contribution in [2.75, 3.05) is 0 Å². The zero-order chi connectivity index (χ0) is 7.61. The molecule has 1 aromatic heterocycles. The Hall–Kier alpha value is -0.480. The number of rotatable bonds is 2. The Morgan fingerprint density at radius 2 is 2.30 bits per heavy atom. The Morgan fingerprint density at radius 3 is 2.70 bits per heavy atom. The molecule has 0 atom stereocenters. The SMILES string of the molecule is O=S(=O)(Cl)Cc1ccc[nH]1. The van der Waals surface area contributed by atoms with Gasteiger partial charge in [0.15, 0.2) is 0 Å². The first-order valence-corrected chi connectivity index (χ1v) is 5.10. The van der Waals surface area contributed by atoms with Gasteiger partial charge in [0.25, 0.3) is 0 Å². The van der Waals surface area contributed by atoms with Gasteiger partial charge in [-0.05, 0) is 12.1 Å². The fourth-order valence-electron chi connectivity index (χ4n) is 0.643. The Bertz CT molecular complexity index is 289. The van der Waals surface area contributed by atoms with Crippen LogP contribution in [-0.2, 0) is 14.8 Å². The average molecular weight is 180 g/mol. The summed E-state index contributed by atoms with van der Waals surface area (Å²) in [5.41, 5.74) is 0.606. The first-order chi connectivity index (χ1) is 4.58. The van der Waals surface area contributed by atoms with Crippen LogP contribution >= 0.6 is 10.7 Å².